The molecule has 0 radical (unpaired) electrons. The lowest BCUT2D eigenvalue weighted by atomic mass is 10.0. The molecule has 112 valence electrons. The summed E-state index contributed by atoms with van der Waals surface area (Å²) in [7, 11) is 0. The Balaban J connectivity index is 2.02. The van der Waals surface area contributed by atoms with E-state index in [2.05, 4.69) is 26.1 Å². The van der Waals surface area contributed by atoms with Crippen molar-refractivity contribution in [2.45, 2.75) is 6.04 Å². The van der Waals surface area contributed by atoms with Gasteiger partial charge in [-0.2, -0.15) is 0 Å². The molecule has 1 N–H and O–H groups in total. The van der Waals surface area contributed by atoms with Gasteiger partial charge in [0.25, 0.3) is 0 Å². The maximum atomic E-state index is 14.4. The summed E-state index contributed by atoms with van der Waals surface area (Å²) in [5.74, 6) is -0.183. The first-order valence-electron chi connectivity index (χ1n) is 6.80. The van der Waals surface area contributed by atoms with E-state index in [9.17, 15) is 4.39 Å². The molecule has 1 atom stereocenters. The second-order valence-corrected chi connectivity index (χ2v) is 7.66. The quantitative estimate of drug-likeness (QED) is 0.842. The minimum atomic E-state index is -0.183. The van der Waals surface area contributed by atoms with Crippen molar-refractivity contribution in [1.29, 1.82) is 0 Å². The summed E-state index contributed by atoms with van der Waals surface area (Å²) in [6.07, 6.45) is 0. The smallest absolute Gasteiger partial charge is 0.129 e. The summed E-state index contributed by atoms with van der Waals surface area (Å²) in [5.41, 5.74) is 0.707. The average molecular weight is 390 g/mol. The number of thiophene rings is 1. The molecule has 1 aliphatic heterocycles. The van der Waals surface area contributed by atoms with Crippen molar-refractivity contribution in [3.8, 4) is 0 Å². The SMILES string of the molecule is Fc1cc(Br)ccc1[C@H](c1ccc(Cl)s1)N1CCNCC1. The second-order valence-electron chi connectivity index (χ2n) is 5.00. The number of benzene rings is 1. The summed E-state index contributed by atoms with van der Waals surface area (Å²) in [4.78, 5) is 3.40. The van der Waals surface area contributed by atoms with E-state index in [1.165, 1.54) is 17.4 Å². The molecular weight excluding hydrogens is 375 g/mol. The van der Waals surface area contributed by atoms with E-state index in [0.717, 1.165) is 39.9 Å². The van der Waals surface area contributed by atoms with Crippen LogP contribution in [-0.2, 0) is 0 Å². The van der Waals surface area contributed by atoms with E-state index in [0.29, 0.717) is 5.56 Å². The van der Waals surface area contributed by atoms with Gasteiger partial charge in [-0.3, -0.25) is 4.90 Å². The first-order valence-corrected chi connectivity index (χ1v) is 8.79. The fourth-order valence-electron chi connectivity index (χ4n) is 2.67. The van der Waals surface area contributed by atoms with Gasteiger partial charge >= 0.3 is 0 Å². The number of piperazine rings is 1. The first-order chi connectivity index (χ1) is 10.1. The van der Waals surface area contributed by atoms with Gasteiger partial charge in [-0.15, -0.1) is 11.3 Å². The van der Waals surface area contributed by atoms with Crippen LogP contribution in [0.15, 0.2) is 34.8 Å². The zero-order valence-corrected chi connectivity index (χ0v) is 14.4. The Bertz CT molecular complexity index is 628. The van der Waals surface area contributed by atoms with E-state index < -0.39 is 0 Å². The van der Waals surface area contributed by atoms with Gasteiger partial charge in [0.05, 0.1) is 10.4 Å². The van der Waals surface area contributed by atoms with Crippen molar-refractivity contribution < 1.29 is 4.39 Å². The van der Waals surface area contributed by atoms with Gasteiger partial charge in [0.15, 0.2) is 0 Å². The van der Waals surface area contributed by atoms with Crippen LogP contribution in [0.4, 0.5) is 4.39 Å². The van der Waals surface area contributed by atoms with E-state index in [4.69, 9.17) is 11.6 Å². The molecule has 21 heavy (non-hydrogen) atoms. The highest BCUT2D eigenvalue weighted by Gasteiger charge is 2.27. The Morgan fingerprint density at radius 1 is 1.24 bits per heavy atom. The van der Waals surface area contributed by atoms with E-state index in [1.807, 2.05) is 24.3 Å². The number of hydrogen-bond acceptors (Lipinski definition) is 3. The topological polar surface area (TPSA) is 15.3 Å². The molecule has 1 aromatic heterocycles. The molecule has 1 aromatic carbocycles. The Hall–Kier alpha value is -0.460. The predicted octanol–water partition coefficient (Wildman–Crippen LogP) is 4.30. The summed E-state index contributed by atoms with van der Waals surface area (Å²) in [5, 5.41) is 3.34. The molecule has 2 aromatic rings. The highest BCUT2D eigenvalue weighted by atomic mass is 79.9. The van der Waals surface area contributed by atoms with Crippen LogP contribution in [0.2, 0.25) is 4.34 Å². The Kier molecular flexibility index (Phi) is 4.96. The fourth-order valence-corrected chi connectivity index (χ4v) is 4.22. The van der Waals surface area contributed by atoms with Gasteiger partial charge in [0, 0.05) is 41.1 Å². The highest BCUT2D eigenvalue weighted by molar-refractivity contribution is 9.10. The van der Waals surface area contributed by atoms with Crippen molar-refractivity contribution in [2.24, 2.45) is 0 Å². The van der Waals surface area contributed by atoms with E-state index in [1.54, 1.807) is 0 Å². The maximum Gasteiger partial charge on any atom is 0.129 e. The van der Waals surface area contributed by atoms with Crippen LogP contribution in [0.25, 0.3) is 0 Å². The van der Waals surface area contributed by atoms with Crippen LogP contribution in [-0.4, -0.2) is 31.1 Å². The monoisotopic (exact) mass is 388 g/mol. The minimum Gasteiger partial charge on any atom is -0.314 e. The lowest BCUT2D eigenvalue weighted by Crippen LogP contribution is -2.45. The second kappa shape index (κ2) is 6.75. The van der Waals surface area contributed by atoms with Crippen LogP contribution < -0.4 is 5.32 Å². The Labute approximate surface area is 141 Å². The molecule has 3 rings (SSSR count). The van der Waals surface area contributed by atoms with Crippen LogP contribution in [0, 0.1) is 5.82 Å². The average Bonchev–Trinajstić information content (AvgIpc) is 2.89. The third-order valence-electron chi connectivity index (χ3n) is 3.64. The van der Waals surface area contributed by atoms with Gasteiger partial charge in [-0.1, -0.05) is 33.6 Å². The molecule has 0 saturated carbocycles. The molecule has 2 nitrogen and oxygen atoms in total. The Morgan fingerprint density at radius 2 is 2.00 bits per heavy atom. The number of rotatable bonds is 3. The normalized spacial score (nSPS) is 17.9. The molecule has 0 spiro atoms. The van der Waals surface area contributed by atoms with Crippen LogP contribution >= 0.6 is 38.9 Å². The molecule has 0 aliphatic carbocycles. The van der Waals surface area contributed by atoms with Gasteiger partial charge in [-0.25, -0.2) is 4.39 Å². The summed E-state index contributed by atoms with van der Waals surface area (Å²) in [6, 6.07) is 9.09. The van der Waals surface area contributed by atoms with E-state index >= 15 is 0 Å². The lowest BCUT2D eigenvalue weighted by Gasteiger charge is -2.34. The zero-order chi connectivity index (χ0) is 14.8. The molecule has 0 bridgehead atoms. The summed E-state index contributed by atoms with van der Waals surface area (Å²) >= 11 is 10.9. The predicted molar refractivity (Wildman–Crippen MR) is 89.7 cm³/mol. The highest BCUT2D eigenvalue weighted by Crippen LogP contribution is 2.37. The fraction of sp³-hybridized carbons (Fsp3) is 0.333. The van der Waals surface area contributed by atoms with Crippen molar-refractivity contribution in [1.82, 2.24) is 10.2 Å². The minimum absolute atomic E-state index is 0.0716. The molecule has 0 amide bonds. The molecule has 1 saturated heterocycles. The first kappa shape index (κ1) is 15.4. The zero-order valence-electron chi connectivity index (χ0n) is 11.3. The Morgan fingerprint density at radius 3 is 2.62 bits per heavy atom. The standard InChI is InChI=1S/C15H15BrClFN2S/c16-10-1-2-11(12(18)9-10)15(13-3-4-14(17)21-13)20-7-5-19-6-8-20/h1-4,9,15,19H,5-8H2/t15-/m1/s1. The van der Waals surface area contributed by atoms with Crippen molar-refractivity contribution in [2.75, 3.05) is 26.2 Å². The molecule has 0 unspecified atom stereocenters. The van der Waals surface area contributed by atoms with Crippen molar-refractivity contribution in [3.05, 3.63) is 55.4 Å². The van der Waals surface area contributed by atoms with Gasteiger partial charge in [0.1, 0.15) is 5.82 Å². The molecule has 2 heterocycles. The summed E-state index contributed by atoms with van der Waals surface area (Å²) in [6.45, 7) is 3.65. The van der Waals surface area contributed by atoms with Crippen LogP contribution in [0.3, 0.4) is 0 Å². The molecule has 1 fully saturated rings. The maximum absolute atomic E-state index is 14.4. The van der Waals surface area contributed by atoms with Crippen LogP contribution in [0.1, 0.15) is 16.5 Å². The van der Waals surface area contributed by atoms with Crippen LogP contribution in [0.5, 0.6) is 0 Å². The number of nitrogens with zero attached hydrogens (tertiary/aromatic N) is 1. The number of nitrogens with one attached hydrogen (secondary N) is 1. The van der Waals surface area contributed by atoms with Crippen molar-refractivity contribution >= 4 is 38.9 Å². The van der Waals surface area contributed by atoms with Gasteiger partial charge < -0.3 is 5.32 Å². The third kappa shape index (κ3) is 3.48. The molecular formula is C15H15BrClFN2S. The third-order valence-corrected chi connectivity index (χ3v) is 5.41. The molecule has 6 heteroatoms. The van der Waals surface area contributed by atoms with Gasteiger partial charge in [0.2, 0.25) is 0 Å². The summed E-state index contributed by atoms with van der Waals surface area (Å²) < 4.78 is 15.9. The molecule has 1 aliphatic rings. The van der Waals surface area contributed by atoms with Crippen molar-refractivity contribution in [3.63, 3.8) is 0 Å². The largest absolute Gasteiger partial charge is 0.314 e. The number of halogens is 3. The number of hydrogen-bond donors (Lipinski definition) is 1. The van der Waals surface area contributed by atoms with Gasteiger partial charge in [-0.05, 0) is 24.3 Å². The lowest BCUT2D eigenvalue weighted by molar-refractivity contribution is 0.197. The van der Waals surface area contributed by atoms with E-state index in [-0.39, 0.29) is 11.9 Å².